The van der Waals surface area contributed by atoms with E-state index in [-0.39, 0.29) is 11.9 Å². The number of nitrogens with one attached hydrogen (secondary N) is 1. The lowest BCUT2D eigenvalue weighted by atomic mass is 9.97. The van der Waals surface area contributed by atoms with Gasteiger partial charge < -0.3 is 19.5 Å². The summed E-state index contributed by atoms with van der Waals surface area (Å²) in [6.07, 6.45) is 5.92. The summed E-state index contributed by atoms with van der Waals surface area (Å²) in [7, 11) is 0. The van der Waals surface area contributed by atoms with Crippen molar-refractivity contribution in [3.8, 4) is 5.75 Å². The molecule has 0 saturated carbocycles. The molecular weight excluding hydrogens is 328 g/mol. The van der Waals surface area contributed by atoms with Crippen LogP contribution in [-0.2, 0) is 0 Å². The van der Waals surface area contributed by atoms with E-state index in [1.54, 1.807) is 0 Å². The van der Waals surface area contributed by atoms with Crippen LogP contribution in [0.5, 0.6) is 5.75 Å². The molecule has 1 unspecified atom stereocenters. The number of carbonyl (C=O) groups excluding carboxylic acids is 1. The molecule has 1 fully saturated rings. The third kappa shape index (κ3) is 4.00. The molecule has 0 bridgehead atoms. The minimum absolute atomic E-state index is 0.0792. The third-order valence-electron chi connectivity index (χ3n) is 4.76. The number of anilines is 1. The van der Waals surface area contributed by atoms with E-state index in [2.05, 4.69) is 28.7 Å². The van der Waals surface area contributed by atoms with Crippen molar-refractivity contribution in [2.24, 2.45) is 0 Å². The van der Waals surface area contributed by atoms with Crippen LogP contribution < -0.4 is 10.1 Å². The van der Waals surface area contributed by atoms with E-state index in [0.29, 0.717) is 30.6 Å². The van der Waals surface area contributed by atoms with E-state index in [9.17, 15) is 4.79 Å². The highest BCUT2D eigenvalue weighted by Gasteiger charge is 2.28. The van der Waals surface area contributed by atoms with Gasteiger partial charge in [0.1, 0.15) is 11.6 Å². The Bertz CT molecular complexity index is 741. The van der Waals surface area contributed by atoms with Gasteiger partial charge >= 0.3 is 6.03 Å². The van der Waals surface area contributed by atoms with Crippen molar-refractivity contribution in [3.05, 3.63) is 42.5 Å². The Morgan fingerprint density at radius 3 is 2.96 bits per heavy atom. The number of aromatic nitrogens is 2. The average Bonchev–Trinajstić information content (AvgIpc) is 3.14. The van der Waals surface area contributed by atoms with Crippen LogP contribution in [-0.4, -0.2) is 40.2 Å². The lowest BCUT2D eigenvalue weighted by Gasteiger charge is -2.33. The van der Waals surface area contributed by atoms with Crippen LogP contribution in [0.4, 0.5) is 10.5 Å². The minimum Gasteiger partial charge on any atom is -0.492 e. The van der Waals surface area contributed by atoms with Crippen molar-refractivity contribution in [3.63, 3.8) is 0 Å². The van der Waals surface area contributed by atoms with E-state index in [1.807, 2.05) is 48.5 Å². The summed E-state index contributed by atoms with van der Waals surface area (Å²) in [5.74, 6) is 2.05. The monoisotopic (exact) mass is 356 g/mol. The number of carbonyl (C=O) groups is 1. The Hall–Kier alpha value is -2.50. The van der Waals surface area contributed by atoms with Gasteiger partial charge in [-0.1, -0.05) is 12.1 Å². The summed E-state index contributed by atoms with van der Waals surface area (Å²) in [5.41, 5.74) is 0.713. The Balaban J connectivity index is 1.70. The van der Waals surface area contributed by atoms with Crippen molar-refractivity contribution < 1.29 is 9.53 Å². The minimum atomic E-state index is -0.0792. The van der Waals surface area contributed by atoms with Gasteiger partial charge in [-0.15, -0.1) is 0 Å². The number of likely N-dealkylation sites (tertiary alicyclic amines) is 1. The molecule has 2 aromatic rings. The largest absolute Gasteiger partial charge is 0.492 e. The van der Waals surface area contributed by atoms with Crippen LogP contribution in [0.2, 0.25) is 0 Å². The zero-order valence-corrected chi connectivity index (χ0v) is 15.8. The molecule has 2 heterocycles. The first-order valence-electron chi connectivity index (χ1n) is 9.40. The molecule has 1 aliphatic heterocycles. The molecule has 0 aliphatic carbocycles. The van der Waals surface area contributed by atoms with E-state index in [1.165, 1.54) is 0 Å². The molecule has 140 valence electrons. The second-order valence-corrected chi connectivity index (χ2v) is 6.93. The molecule has 1 aromatic heterocycles. The molecule has 1 N–H and O–H groups in total. The highest BCUT2D eigenvalue weighted by molar-refractivity contribution is 5.91. The van der Waals surface area contributed by atoms with Gasteiger partial charge in [-0.2, -0.15) is 0 Å². The van der Waals surface area contributed by atoms with Gasteiger partial charge in [0.15, 0.2) is 0 Å². The normalized spacial score (nSPS) is 17.4. The maximum absolute atomic E-state index is 12.8. The molecule has 6 nitrogen and oxygen atoms in total. The Labute approximate surface area is 155 Å². The number of benzene rings is 1. The van der Waals surface area contributed by atoms with Crippen LogP contribution in [0.25, 0.3) is 0 Å². The number of hydrogen-bond acceptors (Lipinski definition) is 3. The molecular formula is C20H28N4O2. The van der Waals surface area contributed by atoms with Gasteiger partial charge in [0, 0.05) is 37.4 Å². The maximum Gasteiger partial charge on any atom is 0.321 e. The summed E-state index contributed by atoms with van der Waals surface area (Å²) in [6.45, 7) is 8.27. The van der Waals surface area contributed by atoms with Gasteiger partial charge in [0.05, 0.1) is 12.3 Å². The molecule has 1 aromatic carbocycles. The number of hydrogen-bond donors (Lipinski definition) is 1. The summed E-state index contributed by atoms with van der Waals surface area (Å²) >= 11 is 0. The van der Waals surface area contributed by atoms with Crippen LogP contribution in [0.3, 0.4) is 0 Å². The van der Waals surface area contributed by atoms with E-state index in [0.717, 1.165) is 25.2 Å². The van der Waals surface area contributed by atoms with Crippen molar-refractivity contribution in [2.45, 2.75) is 45.6 Å². The zero-order chi connectivity index (χ0) is 18.5. The summed E-state index contributed by atoms with van der Waals surface area (Å²) in [4.78, 5) is 19.2. The molecule has 6 heteroatoms. The van der Waals surface area contributed by atoms with E-state index < -0.39 is 0 Å². The number of amides is 2. The molecule has 3 rings (SSSR count). The van der Waals surface area contributed by atoms with Crippen molar-refractivity contribution in [1.29, 1.82) is 0 Å². The van der Waals surface area contributed by atoms with E-state index >= 15 is 0 Å². The van der Waals surface area contributed by atoms with Crippen LogP contribution in [0.15, 0.2) is 36.7 Å². The lowest BCUT2D eigenvalue weighted by molar-refractivity contribution is 0.190. The Morgan fingerprint density at radius 1 is 1.38 bits per heavy atom. The zero-order valence-electron chi connectivity index (χ0n) is 15.8. The second kappa shape index (κ2) is 8.25. The summed E-state index contributed by atoms with van der Waals surface area (Å²) in [5, 5.41) is 3.00. The fourth-order valence-electron chi connectivity index (χ4n) is 3.50. The van der Waals surface area contributed by atoms with Crippen LogP contribution in [0, 0.1) is 0 Å². The predicted octanol–water partition coefficient (Wildman–Crippen LogP) is 4.27. The third-order valence-corrected chi connectivity index (χ3v) is 4.76. The first kappa shape index (κ1) is 18.3. The summed E-state index contributed by atoms with van der Waals surface area (Å²) < 4.78 is 7.81. The van der Waals surface area contributed by atoms with Crippen molar-refractivity contribution in [1.82, 2.24) is 14.5 Å². The average molecular weight is 356 g/mol. The molecule has 2 amide bonds. The molecule has 0 radical (unpaired) electrons. The SMILES string of the molecule is CCOc1ccccc1NC(=O)N1CCCC(c2nccn2C(C)C)C1. The lowest BCUT2D eigenvalue weighted by Crippen LogP contribution is -2.42. The first-order valence-corrected chi connectivity index (χ1v) is 9.40. The highest BCUT2D eigenvalue weighted by Crippen LogP contribution is 2.29. The van der Waals surface area contributed by atoms with Crippen molar-refractivity contribution >= 4 is 11.7 Å². The number of rotatable bonds is 5. The number of urea groups is 1. The Kier molecular flexibility index (Phi) is 5.81. The van der Waals surface area contributed by atoms with Gasteiger partial charge in [0.2, 0.25) is 0 Å². The van der Waals surface area contributed by atoms with Gasteiger partial charge in [-0.25, -0.2) is 9.78 Å². The molecule has 0 spiro atoms. The number of nitrogens with zero attached hydrogens (tertiary/aromatic N) is 3. The topological polar surface area (TPSA) is 59.4 Å². The molecule has 26 heavy (non-hydrogen) atoms. The number of piperidine rings is 1. The maximum atomic E-state index is 12.8. The van der Waals surface area contributed by atoms with Gasteiger partial charge in [-0.3, -0.25) is 0 Å². The van der Waals surface area contributed by atoms with Crippen LogP contribution in [0.1, 0.15) is 51.4 Å². The van der Waals surface area contributed by atoms with Gasteiger partial charge in [-0.05, 0) is 45.7 Å². The molecule has 1 atom stereocenters. The molecule has 1 aliphatic rings. The number of para-hydroxylation sites is 2. The Morgan fingerprint density at radius 2 is 2.19 bits per heavy atom. The standard InChI is InChI=1S/C20H28N4O2/c1-4-26-18-10-6-5-9-17(18)22-20(25)23-12-7-8-16(14-23)19-21-11-13-24(19)15(2)3/h5-6,9-11,13,15-16H,4,7-8,12,14H2,1-3H3,(H,22,25). The fraction of sp³-hybridized carbons (Fsp3) is 0.500. The van der Waals surface area contributed by atoms with Crippen LogP contribution >= 0.6 is 0 Å². The first-order chi connectivity index (χ1) is 12.6. The van der Waals surface area contributed by atoms with Gasteiger partial charge in [0.25, 0.3) is 0 Å². The number of imidazole rings is 1. The quantitative estimate of drug-likeness (QED) is 0.870. The van der Waals surface area contributed by atoms with Crippen molar-refractivity contribution in [2.75, 3.05) is 25.0 Å². The summed E-state index contributed by atoms with van der Waals surface area (Å²) in [6, 6.07) is 7.84. The van der Waals surface area contributed by atoms with E-state index in [4.69, 9.17) is 4.74 Å². The highest BCUT2D eigenvalue weighted by atomic mass is 16.5. The second-order valence-electron chi connectivity index (χ2n) is 6.93. The predicted molar refractivity (Wildman–Crippen MR) is 103 cm³/mol. The fourth-order valence-corrected chi connectivity index (χ4v) is 3.50. The smallest absolute Gasteiger partial charge is 0.321 e. The number of ether oxygens (including phenoxy) is 1. The molecule has 1 saturated heterocycles.